The third-order valence-corrected chi connectivity index (χ3v) is 13.7. The molecule has 2 aromatic rings. The Balaban J connectivity index is 1.22. The van der Waals surface area contributed by atoms with E-state index in [1.165, 1.54) is 20.9 Å². The fraction of sp³-hybridized carbons (Fsp3) is 0.564. The number of allylic oxidation sites excluding steroid dienone is 1. The Morgan fingerprint density at radius 1 is 1.13 bits per heavy atom. The minimum absolute atomic E-state index is 0.0302. The minimum Gasteiger partial charge on any atom is -0.490 e. The molecule has 1 N–H and O–H groups in total. The zero-order valence-electron chi connectivity index (χ0n) is 30.9. The number of halogens is 1. The van der Waals surface area contributed by atoms with Crippen molar-refractivity contribution in [2.45, 2.75) is 63.1 Å². The van der Waals surface area contributed by atoms with Gasteiger partial charge in [0.1, 0.15) is 21.8 Å². The quantitative estimate of drug-likeness (QED) is 0.373. The second-order valence-corrected chi connectivity index (χ2v) is 18.1. The Morgan fingerprint density at radius 3 is 2.68 bits per heavy atom. The molecule has 12 nitrogen and oxygen atoms in total. The van der Waals surface area contributed by atoms with E-state index in [1.807, 2.05) is 25.1 Å². The van der Waals surface area contributed by atoms with Crippen LogP contribution in [0, 0.1) is 17.8 Å². The van der Waals surface area contributed by atoms with E-state index in [9.17, 15) is 18.6 Å². The van der Waals surface area contributed by atoms with Crippen molar-refractivity contribution < 1.29 is 32.8 Å². The van der Waals surface area contributed by atoms with Gasteiger partial charge in [0.2, 0.25) is 0 Å². The van der Waals surface area contributed by atoms with Gasteiger partial charge in [-0.15, -0.1) is 4.36 Å². The lowest BCUT2D eigenvalue weighted by Gasteiger charge is -2.46. The van der Waals surface area contributed by atoms with Gasteiger partial charge in [-0.1, -0.05) is 36.7 Å². The van der Waals surface area contributed by atoms with Crippen molar-refractivity contribution in [2.24, 2.45) is 22.1 Å². The Bertz CT molecular complexity index is 1910. The summed E-state index contributed by atoms with van der Waals surface area (Å²) in [7, 11) is 1.35. The average molecular weight is 768 g/mol. The fourth-order valence-electron chi connectivity index (χ4n) is 8.49. The number of benzene rings is 2. The molecule has 3 aliphatic heterocycles. The maximum atomic E-state index is 14.5. The third-order valence-electron chi connectivity index (χ3n) is 11.5. The first-order valence-electron chi connectivity index (χ1n) is 18.6. The summed E-state index contributed by atoms with van der Waals surface area (Å²) >= 11 is 6.46. The van der Waals surface area contributed by atoms with Crippen molar-refractivity contribution in [3.8, 4) is 5.75 Å². The molecule has 286 valence electrons. The Labute approximate surface area is 317 Å². The van der Waals surface area contributed by atoms with E-state index in [0.717, 1.165) is 49.4 Å². The number of rotatable bonds is 3. The predicted octanol–water partition coefficient (Wildman–Crippen LogP) is 6.07. The number of carbonyl (C=O) groups is 3. The van der Waals surface area contributed by atoms with E-state index < -0.39 is 34.1 Å². The molecule has 0 aromatic heterocycles. The summed E-state index contributed by atoms with van der Waals surface area (Å²) in [6.45, 7) is 4.17. The van der Waals surface area contributed by atoms with E-state index in [1.54, 1.807) is 27.3 Å². The lowest BCUT2D eigenvalue weighted by Crippen LogP contribution is -2.59. The zero-order chi connectivity index (χ0) is 37.5. The number of fused-ring (bicyclic) bond motifs is 4. The van der Waals surface area contributed by atoms with Gasteiger partial charge in [0.25, 0.3) is 5.91 Å². The summed E-state index contributed by atoms with van der Waals surface area (Å²) in [5, 5.41) is 0.730. The van der Waals surface area contributed by atoms with E-state index in [0.29, 0.717) is 37.2 Å². The van der Waals surface area contributed by atoms with Crippen LogP contribution >= 0.6 is 11.6 Å². The van der Waals surface area contributed by atoms with Gasteiger partial charge in [0.05, 0.1) is 37.2 Å². The highest BCUT2D eigenvalue weighted by atomic mass is 35.5. The first-order chi connectivity index (χ1) is 25.3. The van der Waals surface area contributed by atoms with Crippen LogP contribution < -0.4 is 14.4 Å². The molecule has 2 bridgehead atoms. The second-order valence-electron chi connectivity index (χ2n) is 15.7. The average Bonchev–Trinajstić information content (AvgIpc) is 3.23. The number of nitrogens with one attached hydrogen (secondary N) is 1. The molecule has 1 unspecified atom stereocenters. The largest absolute Gasteiger partial charge is 0.490 e. The standard InChI is InChI=1S/C39H50ClN5O7S/c1-25-7-5-9-34(50-4)31-13-10-28(31)19-45-23-39(16-6-8-26-17-29(40)12-14-32(26)39)24-51-35-15-11-27(18-33(35)45)36(46)41-53(49,22-25)42-37(47)44-20-30(21-44)52-38(48)43(2)3/h5,9,11-12,14-15,17-18,25,28,30-31,34H,6-8,10,13,16,19-24H2,1-4H3,(H,41,42,46,47,49)/b9-5+/t25-,28-,31+,34-,39-,53?/m0/s1. The topological polar surface area (TPSA) is 130 Å². The van der Waals surface area contributed by atoms with Crippen LogP contribution in [0.25, 0.3) is 0 Å². The summed E-state index contributed by atoms with van der Waals surface area (Å²) in [5.74, 6) is 0.496. The molecule has 1 spiro atoms. The number of urea groups is 1. The van der Waals surface area contributed by atoms with E-state index >= 15 is 0 Å². The predicted molar refractivity (Wildman–Crippen MR) is 204 cm³/mol. The maximum Gasteiger partial charge on any atom is 0.409 e. The van der Waals surface area contributed by atoms with Crippen LogP contribution in [0.3, 0.4) is 0 Å². The van der Waals surface area contributed by atoms with Gasteiger partial charge < -0.3 is 28.9 Å². The monoisotopic (exact) mass is 767 g/mol. The molecule has 5 aliphatic rings. The number of aryl methyl sites for hydroxylation is 1. The van der Waals surface area contributed by atoms with Crippen LogP contribution in [0.15, 0.2) is 52.9 Å². The van der Waals surface area contributed by atoms with Gasteiger partial charge in [0.15, 0.2) is 0 Å². The smallest absolute Gasteiger partial charge is 0.409 e. The number of nitrogens with zero attached hydrogens (tertiary/aromatic N) is 4. The van der Waals surface area contributed by atoms with Crippen molar-refractivity contribution in [1.82, 2.24) is 14.5 Å². The maximum absolute atomic E-state index is 14.5. The molecule has 14 heteroatoms. The summed E-state index contributed by atoms with van der Waals surface area (Å²) in [6.07, 6.45) is 8.75. The SMILES string of the molecule is CO[C@H]1/C=C/C[C@H](C)CS(=O)(NC(=O)N2CC(OC(=O)N(C)C)C2)=NC(=O)c2ccc3c(c2)N(C[C@@H]2CC[C@H]21)C[C@@]1(CCCc2cc(Cl)ccc21)CO3. The molecule has 0 radical (unpaired) electrons. The van der Waals surface area contributed by atoms with E-state index in [-0.39, 0.29) is 41.8 Å². The van der Waals surface area contributed by atoms with Gasteiger partial charge in [-0.05, 0) is 97.7 Å². The number of ether oxygens (including phenoxy) is 3. The molecule has 6 atom stereocenters. The van der Waals surface area contributed by atoms with Gasteiger partial charge in [-0.25, -0.2) is 13.8 Å². The first kappa shape index (κ1) is 37.5. The van der Waals surface area contributed by atoms with E-state index in [2.05, 4.69) is 38.3 Å². The molecule has 4 amide bonds. The Morgan fingerprint density at radius 2 is 1.94 bits per heavy atom. The molecular formula is C39H50ClN5O7S. The number of hydrogen-bond acceptors (Lipinski definition) is 8. The highest BCUT2D eigenvalue weighted by molar-refractivity contribution is 7.92. The number of hydrogen-bond donors (Lipinski definition) is 1. The third kappa shape index (κ3) is 7.88. The van der Waals surface area contributed by atoms with Crippen LogP contribution in [0.1, 0.15) is 60.5 Å². The Kier molecular flexibility index (Phi) is 10.7. The molecule has 2 aromatic carbocycles. The van der Waals surface area contributed by atoms with E-state index in [4.69, 9.17) is 25.8 Å². The van der Waals surface area contributed by atoms with Crippen LogP contribution in [0.5, 0.6) is 5.75 Å². The molecule has 3 heterocycles. The Hall–Kier alpha value is -3.81. The molecule has 2 aliphatic carbocycles. The first-order valence-corrected chi connectivity index (χ1v) is 20.7. The summed E-state index contributed by atoms with van der Waals surface area (Å²) in [6, 6.07) is 10.9. The summed E-state index contributed by atoms with van der Waals surface area (Å²) < 4.78 is 39.4. The van der Waals surface area contributed by atoms with Crippen molar-refractivity contribution in [2.75, 3.05) is 64.6 Å². The molecule has 7 rings (SSSR count). The van der Waals surface area contributed by atoms with Gasteiger partial charge in [0, 0.05) is 50.3 Å². The lowest BCUT2D eigenvalue weighted by atomic mass is 9.68. The van der Waals surface area contributed by atoms with Crippen LogP contribution in [0.4, 0.5) is 15.3 Å². The number of carbonyl (C=O) groups excluding carboxylic acids is 3. The van der Waals surface area contributed by atoms with Crippen LogP contribution in [-0.4, -0.2) is 104 Å². The number of amides is 4. The fourth-order valence-corrected chi connectivity index (χ4v) is 10.6. The number of likely N-dealkylation sites (tertiary alicyclic amines) is 1. The summed E-state index contributed by atoms with van der Waals surface area (Å²) in [5.41, 5.74) is 3.31. The van der Waals surface area contributed by atoms with Crippen LogP contribution in [-0.2, 0) is 31.2 Å². The molecule has 53 heavy (non-hydrogen) atoms. The molecule has 2 fully saturated rings. The highest BCUT2D eigenvalue weighted by Gasteiger charge is 2.44. The van der Waals surface area contributed by atoms with Gasteiger partial charge in [-0.2, -0.15) is 0 Å². The van der Waals surface area contributed by atoms with Gasteiger partial charge in [-0.3, -0.25) is 9.52 Å². The highest BCUT2D eigenvalue weighted by Crippen LogP contribution is 2.47. The lowest BCUT2D eigenvalue weighted by molar-refractivity contribution is -0.00248. The second kappa shape index (κ2) is 15.1. The van der Waals surface area contributed by atoms with Crippen molar-refractivity contribution in [3.05, 3.63) is 70.3 Å². The minimum atomic E-state index is -3.57. The summed E-state index contributed by atoms with van der Waals surface area (Å²) in [4.78, 5) is 44.4. The molecule has 1 saturated carbocycles. The van der Waals surface area contributed by atoms with Crippen molar-refractivity contribution in [3.63, 3.8) is 0 Å². The molecule has 1 saturated heterocycles. The van der Waals surface area contributed by atoms with Crippen molar-refractivity contribution >= 4 is 45.2 Å². The normalized spacial score (nSPS) is 30.6. The zero-order valence-corrected chi connectivity index (χ0v) is 32.5. The molecular weight excluding hydrogens is 718 g/mol. The number of anilines is 1. The number of methoxy groups -OCH3 is 1. The van der Waals surface area contributed by atoms with Crippen molar-refractivity contribution in [1.29, 1.82) is 0 Å². The van der Waals surface area contributed by atoms with Crippen LogP contribution in [0.2, 0.25) is 5.02 Å². The van der Waals surface area contributed by atoms with Gasteiger partial charge >= 0.3 is 12.1 Å².